The van der Waals surface area contributed by atoms with Crippen molar-refractivity contribution in [2.75, 3.05) is 6.61 Å². The van der Waals surface area contributed by atoms with E-state index in [4.69, 9.17) is 22.1 Å². The van der Waals surface area contributed by atoms with Gasteiger partial charge in [0.2, 0.25) is 0 Å². The molecule has 0 saturated carbocycles. The van der Waals surface area contributed by atoms with E-state index in [1.165, 1.54) is 11.3 Å². The summed E-state index contributed by atoms with van der Waals surface area (Å²) in [5.74, 6) is 0.880. The van der Waals surface area contributed by atoms with Crippen molar-refractivity contribution in [3.05, 3.63) is 51.2 Å². The maximum absolute atomic E-state index is 6.03. The van der Waals surface area contributed by atoms with Crippen molar-refractivity contribution in [1.82, 2.24) is 0 Å². The Labute approximate surface area is 110 Å². The standard InChI is InChI=1S/C13H14ClNOS/c1-9-4-2-3-5-11(9)16-8-10(15)12-6-7-13(14)17-12/h2-7,10H,8,15H2,1H3. The number of ether oxygens (including phenoxy) is 1. The maximum Gasteiger partial charge on any atom is 0.122 e. The van der Waals surface area contributed by atoms with Gasteiger partial charge < -0.3 is 10.5 Å². The molecule has 1 unspecified atom stereocenters. The number of hydrogen-bond acceptors (Lipinski definition) is 3. The van der Waals surface area contributed by atoms with Gasteiger partial charge in [0.15, 0.2) is 0 Å². The van der Waals surface area contributed by atoms with Gasteiger partial charge in [-0.25, -0.2) is 0 Å². The van der Waals surface area contributed by atoms with Gasteiger partial charge in [0.1, 0.15) is 12.4 Å². The lowest BCUT2D eigenvalue weighted by molar-refractivity contribution is 0.290. The third-order valence-corrected chi connectivity index (χ3v) is 3.83. The van der Waals surface area contributed by atoms with Gasteiger partial charge >= 0.3 is 0 Å². The third kappa shape index (κ3) is 3.22. The zero-order valence-electron chi connectivity index (χ0n) is 9.52. The fourth-order valence-electron chi connectivity index (χ4n) is 1.51. The maximum atomic E-state index is 6.03. The summed E-state index contributed by atoms with van der Waals surface area (Å²) < 4.78 is 6.46. The van der Waals surface area contributed by atoms with Crippen LogP contribution in [0.4, 0.5) is 0 Å². The van der Waals surface area contributed by atoms with Crippen LogP contribution in [0.1, 0.15) is 16.5 Å². The number of nitrogens with two attached hydrogens (primary N) is 1. The summed E-state index contributed by atoms with van der Waals surface area (Å²) in [5, 5.41) is 0. The van der Waals surface area contributed by atoms with Crippen LogP contribution in [0.15, 0.2) is 36.4 Å². The topological polar surface area (TPSA) is 35.2 Å². The van der Waals surface area contributed by atoms with Crippen molar-refractivity contribution in [3.8, 4) is 5.75 Å². The van der Waals surface area contributed by atoms with E-state index in [0.29, 0.717) is 6.61 Å². The van der Waals surface area contributed by atoms with E-state index < -0.39 is 0 Å². The molecule has 2 nitrogen and oxygen atoms in total. The van der Waals surface area contributed by atoms with E-state index in [0.717, 1.165) is 20.5 Å². The average molecular weight is 268 g/mol. The van der Waals surface area contributed by atoms with Crippen LogP contribution < -0.4 is 10.5 Å². The average Bonchev–Trinajstić information content (AvgIpc) is 2.74. The highest BCUT2D eigenvalue weighted by molar-refractivity contribution is 7.16. The smallest absolute Gasteiger partial charge is 0.122 e. The van der Waals surface area contributed by atoms with Gasteiger partial charge in [0, 0.05) is 4.88 Å². The molecule has 0 fully saturated rings. The van der Waals surface area contributed by atoms with Crippen molar-refractivity contribution in [2.45, 2.75) is 13.0 Å². The molecule has 90 valence electrons. The Morgan fingerprint density at radius 1 is 1.29 bits per heavy atom. The molecule has 2 rings (SSSR count). The Balaban J connectivity index is 1.97. The number of para-hydroxylation sites is 1. The van der Waals surface area contributed by atoms with Crippen LogP contribution in [0.3, 0.4) is 0 Å². The van der Waals surface area contributed by atoms with Crippen molar-refractivity contribution in [1.29, 1.82) is 0 Å². The van der Waals surface area contributed by atoms with E-state index in [9.17, 15) is 0 Å². The molecular weight excluding hydrogens is 254 g/mol. The summed E-state index contributed by atoms with van der Waals surface area (Å²) in [6, 6.07) is 11.6. The molecule has 0 spiro atoms. The number of aryl methyl sites for hydroxylation is 1. The van der Waals surface area contributed by atoms with Crippen molar-refractivity contribution in [2.24, 2.45) is 5.73 Å². The predicted octanol–water partition coefficient (Wildman–Crippen LogP) is 3.79. The third-order valence-electron chi connectivity index (χ3n) is 2.47. The van der Waals surface area contributed by atoms with Crippen molar-refractivity contribution >= 4 is 22.9 Å². The molecule has 0 bridgehead atoms. The molecule has 1 aromatic carbocycles. The van der Waals surface area contributed by atoms with E-state index in [2.05, 4.69) is 0 Å². The first-order valence-corrected chi connectivity index (χ1v) is 6.55. The molecule has 1 atom stereocenters. The van der Waals surface area contributed by atoms with Crippen molar-refractivity contribution < 1.29 is 4.74 Å². The Bertz CT molecular complexity index is 498. The van der Waals surface area contributed by atoms with Gasteiger partial charge in [-0.05, 0) is 30.7 Å². The lowest BCUT2D eigenvalue weighted by Gasteiger charge is -2.13. The number of thiophene rings is 1. The quantitative estimate of drug-likeness (QED) is 0.915. The highest BCUT2D eigenvalue weighted by Crippen LogP contribution is 2.26. The molecule has 0 aliphatic carbocycles. The number of hydrogen-bond donors (Lipinski definition) is 1. The highest BCUT2D eigenvalue weighted by atomic mass is 35.5. The SMILES string of the molecule is Cc1ccccc1OCC(N)c1ccc(Cl)s1. The lowest BCUT2D eigenvalue weighted by atomic mass is 10.2. The van der Waals surface area contributed by atoms with Crippen LogP contribution in [0.2, 0.25) is 4.34 Å². The van der Waals surface area contributed by atoms with E-state index in [1.807, 2.05) is 43.3 Å². The van der Waals surface area contributed by atoms with Gasteiger partial charge in [-0.3, -0.25) is 0 Å². The highest BCUT2D eigenvalue weighted by Gasteiger charge is 2.10. The van der Waals surface area contributed by atoms with Crippen molar-refractivity contribution in [3.63, 3.8) is 0 Å². The minimum absolute atomic E-state index is 0.132. The summed E-state index contributed by atoms with van der Waals surface area (Å²) in [6.07, 6.45) is 0. The molecule has 0 aliphatic rings. The van der Waals surface area contributed by atoms with Gasteiger partial charge in [0.25, 0.3) is 0 Å². The van der Waals surface area contributed by atoms with Crippen LogP contribution in [0, 0.1) is 6.92 Å². The number of rotatable bonds is 4. The molecule has 1 aromatic heterocycles. The zero-order chi connectivity index (χ0) is 12.3. The molecule has 1 heterocycles. The Morgan fingerprint density at radius 3 is 2.71 bits per heavy atom. The molecule has 0 amide bonds. The first-order chi connectivity index (χ1) is 8.16. The van der Waals surface area contributed by atoms with E-state index in [1.54, 1.807) is 0 Å². The van der Waals surface area contributed by atoms with Gasteiger partial charge in [-0.2, -0.15) is 0 Å². The predicted molar refractivity (Wildman–Crippen MR) is 72.9 cm³/mol. The summed E-state index contributed by atoms with van der Waals surface area (Å²) in [4.78, 5) is 1.04. The minimum Gasteiger partial charge on any atom is -0.491 e. The summed E-state index contributed by atoms with van der Waals surface area (Å²) in [5.41, 5.74) is 7.15. The van der Waals surface area contributed by atoms with E-state index in [-0.39, 0.29) is 6.04 Å². The lowest BCUT2D eigenvalue weighted by Crippen LogP contribution is -2.18. The second-order valence-electron chi connectivity index (χ2n) is 3.82. The fraction of sp³-hybridized carbons (Fsp3) is 0.231. The Morgan fingerprint density at radius 2 is 2.06 bits per heavy atom. The fourth-order valence-corrected chi connectivity index (χ4v) is 2.55. The number of benzene rings is 1. The summed E-state index contributed by atoms with van der Waals surface area (Å²) in [7, 11) is 0. The molecule has 0 aliphatic heterocycles. The van der Waals surface area contributed by atoms with Crippen LogP contribution in [-0.4, -0.2) is 6.61 Å². The Kier molecular flexibility index (Phi) is 4.05. The monoisotopic (exact) mass is 267 g/mol. The van der Waals surface area contributed by atoms with Crippen LogP contribution >= 0.6 is 22.9 Å². The molecule has 2 N–H and O–H groups in total. The summed E-state index contributed by atoms with van der Waals surface area (Å²) in [6.45, 7) is 2.48. The molecule has 2 aromatic rings. The summed E-state index contributed by atoms with van der Waals surface area (Å²) >= 11 is 7.36. The minimum atomic E-state index is -0.132. The molecular formula is C13H14ClNOS. The molecule has 0 radical (unpaired) electrons. The van der Waals surface area contributed by atoms with Crippen LogP contribution in [0.25, 0.3) is 0 Å². The normalized spacial score (nSPS) is 12.4. The number of halogens is 1. The first-order valence-electron chi connectivity index (χ1n) is 5.36. The molecule has 4 heteroatoms. The zero-order valence-corrected chi connectivity index (χ0v) is 11.1. The van der Waals surface area contributed by atoms with Gasteiger partial charge in [-0.15, -0.1) is 11.3 Å². The molecule has 0 saturated heterocycles. The second-order valence-corrected chi connectivity index (χ2v) is 5.57. The van der Waals surface area contributed by atoms with Gasteiger partial charge in [0.05, 0.1) is 10.4 Å². The first kappa shape index (κ1) is 12.4. The Hall–Kier alpha value is -1.03. The molecule has 17 heavy (non-hydrogen) atoms. The largest absolute Gasteiger partial charge is 0.491 e. The van der Waals surface area contributed by atoms with E-state index >= 15 is 0 Å². The second kappa shape index (κ2) is 5.54. The van der Waals surface area contributed by atoms with Gasteiger partial charge in [-0.1, -0.05) is 29.8 Å². The van der Waals surface area contributed by atoms with Crippen LogP contribution in [-0.2, 0) is 0 Å². The van der Waals surface area contributed by atoms with Crippen LogP contribution in [0.5, 0.6) is 5.75 Å².